The van der Waals surface area contributed by atoms with E-state index in [1.807, 2.05) is 0 Å². The second-order valence-electron chi connectivity index (χ2n) is 4.36. The normalized spacial score (nSPS) is 10.1. The molecule has 1 rings (SSSR count). The van der Waals surface area contributed by atoms with E-state index < -0.39 is 0 Å². The molecular formula is C14H21NO2. The molecule has 0 saturated heterocycles. The highest BCUT2D eigenvalue weighted by atomic mass is 16.5. The number of aryl methyl sites for hydroxylation is 3. The van der Waals surface area contributed by atoms with E-state index in [0.717, 1.165) is 18.7 Å². The molecule has 0 saturated carbocycles. The molecule has 0 amide bonds. The van der Waals surface area contributed by atoms with Crippen molar-refractivity contribution < 1.29 is 9.53 Å². The highest BCUT2D eigenvalue weighted by Gasteiger charge is 2.02. The Hall–Kier alpha value is -1.51. The Kier molecular flexibility index (Phi) is 5.01. The molecule has 0 aliphatic rings. The maximum atomic E-state index is 10.9. The number of hydrogen-bond donors (Lipinski definition) is 1. The van der Waals surface area contributed by atoms with E-state index in [2.05, 4.69) is 43.0 Å². The molecule has 3 heteroatoms. The van der Waals surface area contributed by atoms with Crippen LogP contribution in [0.3, 0.4) is 0 Å². The predicted molar refractivity (Wildman–Crippen MR) is 70.4 cm³/mol. The van der Waals surface area contributed by atoms with Gasteiger partial charge >= 0.3 is 5.97 Å². The minimum Gasteiger partial charge on any atom is -0.469 e. The lowest BCUT2D eigenvalue weighted by molar-refractivity contribution is -0.140. The maximum absolute atomic E-state index is 10.9. The molecule has 1 N–H and O–H groups in total. The zero-order valence-corrected chi connectivity index (χ0v) is 11.1. The summed E-state index contributed by atoms with van der Waals surface area (Å²) in [4.78, 5) is 10.9. The van der Waals surface area contributed by atoms with Crippen molar-refractivity contribution >= 4 is 11.7 Å². The fourth-order valence-corrected chi connectivity index (χ4v) is 1.71. The molecule has 0 heterocycles. The third-order valence-corrected chi connectivity index (χ3v) is 2.94. The number of esters is 1. The standard InChI is InChI=1S/C14H21NO2/c1-10-8-12(3)13(9-11(10)2)15-7-5-6-14(16)17-4/h8-9,15H,5-7H2,1-4H3. The van der Waals surface area contributed by atoms with Gasteiger partial charge in [-0.05, 0) is 49.9 Å². The van der Waals surface area contributed by atoms with E-state index in [9.17, 15) is 4.79 Å². The van der Waals surface area contributed by atoms with E-state index in [0.29, 0.717) is 6.42 Å². The van der Waals surface area contributed by atoms with Gasteiger partial charge in [-0.3, -0.25) is 4.79 Å². The lowest BCUT2D eigenvalue weighted by atomic mass is 10.0. The monoisotopic (exact) mass is 235 g/mol. The predicted octanol–water partition coefficient (Wildman–Crippen LogP) is 2.98. The van der Waals surface area contributed by atoms with Crippen LogP contribution in [0.4, 0.5) is 5.69 Å². The van der Waals surface area contributed by atoms with Gasteiger partial charge in [0.05, 0.1) is 7.11 Å². The van der Waals surface area contributed by atoms with Gasteiger partial charge in [-0.1, -0.05) is 6.07 Å². The van der Waals surface area contributed by atoms with Crippen LogP contribution < -0.4 is 5.32 Å². The molecule has 3 nitrogen and oxygen atoms in total. The van der Waals surface area contributed by atoms with Crippen LogP contribution in [0.5, 0.6) is 0 Å². The quantitative estimate of drug-likeness (QED) is 0.630. The molecule has 0 aromatic heterocycles. The van der Waals surface area contributed by atoms with Crippen LogP contribution >= 0.6 is 0 Å². The lowest BCUT2D eigenvalue weighted by Crippen LogP contribution is -2.07. The van der Waals surface area contributed by atoms with Gasteiger partial charge in [-0.2, -0.15) is 0 Å². The summed E-state index contributed by atoms with van der Waals surface area (Å²) in [7, 11) is 1.42. The van der Waals surface area contributed by atoms with Crippen LogP contribution in [0.25, 0.3) is 0 Å². The number of rotatable bonds is 5. The molecule has 0 radical (unpaired) electrons. The number of carbonyl (C=O) groups is 1. The summed E-state index contributed by atoms with van der Waals surface area (Å²) in [5.74, 6) is -0.149. The Labute approximate surface area is 103 Å². The molecule has 0 unspecified atom stereocenters. The third-order valence-electron chi connectivity index (χ3n) is 2.94. The molecule has 0 fully saturated rings. The van der Waals surface area contributed by atoms with Crippen molar-refractivity contribution in [3.05, 3.63) is 28.8 Å². The van der Waals surface area contributed by atoms with Crippen LogP contribution in [0, 0.1) is 20.8 Å². The van der Waals surface area contributed by atoms with Crippen molar-refractivity contribution in [3.63, 3.8) is 0 Å². The first-order valence-corrected chi connectivity index (χ1v) is 5.93. The summed E-state index contributed by atoms with van der Waals surface area (Å²) in [5.41, 5.74) is 4.98. The third kappa shape index (κ3) is 4.10. The largest absolute Gasteiger partial charge is 0.469 e. The van der Waals surface area contributed by atoms with Gasteiger partial charge in [-0.15, -0.1) is 0 Å². The molecular weight excluding hydrogens is 214 g/mol. The van der Waals surface area contributed by atoms with Crippen molar-refractivity contribution in [1.82, 2.24) is 0 Å². The Morgan fingerprint density at radius 1 is 1.18 bits per heavy atom. The molecule has 0 spiro atoms. The minimum absolute atomic E-state index is 0.149. The van der Waals surface area contributed by atoms with Gasteiger partial charge in [0, 0.05) is 18.7 Å². The molecule has 0 aliphatic heterocycles. The molecule has 0 aliphatic carbocycles. The van der Waals surface area contributed by atoms with Crippen LogP contribution in [-0.4, -0.2) is 19.6 Å². The molecule has 0 bridgehead atoms. The van der Waals surface area contributed by atoms with Crippen LogP contribution in [0.1, 0.15) is 29.5 Å². The topological polar surface area (TPSA) is 38.3 Å². The molecule has 1 aromatic carbocycles. The Balaban J connectivity index is 2.47. The van der Waals surface area contributed by atoms with E-state index >= 15 is 0 Å². The zero-order chi connectivity index (χ0) is 12.8. The maximum Gasteiger partial charge on any atom is 0.305 e. The van der Waals surface area contributed by atoms with Gasteiger partial charge in [-0.25, -0.2) is 0 Å². The number of benzene rings is 1. The lowest BCUT2D eigenvalue weighted by Gasteiger charge is -2.12. The van der Waals surface area contributed by atoms with Crippen molar-refractivity contribution in [1.29, 1.82) is 0 Å². The summed E-state index contributed by atoms with van der Waals surface area (Å²) in [5, 5.41) is 3.35. The minimum atomic E-state index is -0.149. The highest BCUT2D eigenvalue weighted by molar-refractivity contribution is 5.69. The fourth-order valence-electron chi connectivity index (χ4n) is 1.71. The van der Waals surface area contributed by atoms with Gasteiger partial charge in [0.15, 0.2) is 0 Å². The second kappa shape index (κ2) is 6.28. The van der Waals surface area contributed by atoms with Crippen molar-refractivity contribution in [2.75, 3.05) is 19.0 Å². The molecule has 17 heavy (non-hydrogen) atoms. The van der Waals surface area contributed by atoms with Crippen LogP contribution in [0.15, 0.2) is 12.1 Å². The summed E-state index contributed by atoms with van der Waals surface area (Å²) >= 11 is 0. The number of hydrogen-bond acceptors (Lipinski definition) is 3. The average molecular weight is 235 g/mol. The number of ether oxygens (including phenoxy) is 1. The number of nitrogens with one attached hydrogen (secondary N) is 1. The SMILES string of the molecule is COC(=O)CCCNc1cc(C)c(C)cc1C. The Morgan fingerprint density at radius 3 is 2.47 bits per heavy atom. The second-order valence-corrected chi connectivity index (χ2v) is 4.36. The van der Waals surface area contributed by atoms with Gasteiger partial charge in [0.1, 0.15) is 0 Å². The average Bonchev–Trinajstić information content (AvgIpc) is 2.30. The molecule has 0 atom stereocenters. The van der Waals surface area contributed by atoms with Gasteiger partial charge in [0.25, 0.3) is 0 Å². The van der Waals surface area contributed by atoms with Crippen molar-refractivity contribution in [2.45, 2.75) is 33.6 Å². The van der Waals surface area contributed by atoms with Gasteiger partial charge < -0.3 is 10.1 Å². The summed E-state index contributed by atoms with van der Waals surface area (Å²) < 4.78 is 4.59. The fraction of sp³-hybridized carbons (Fsp3) is 0.500. The molecule has 94 valence electrons. The smallest absolute Gasteiger partial charge is 0.305 e. The summed E-state index contributed by atoms with van der Waals surface area (Å²) in [6, 6.07) is 4.33. The van der Waals surface area contributed by atoms with Crippen molar-refractivity contribution in [3.8, 4) is 0 Å². The van der Waals surface area contributed by atoms with Crippen LogP contribution in [-0.2, 0) is 9.53 Å². The first-order chi connectivity index (χ1) is 8.04. The van der Waals surface area contributed by atoms with E-state index in [1.165, 1.54) is 23.8 Å². The number of anilines is 1. The molecule has 1 aromatic rings. The van der Waals surface area contributed by atoms with Crippen LogP contribution in [0.2, 0.25) is 0 Å². The first kappa shape index (κ1) is 13.6. The number of carbonyl (C=O) groups excluding carboxylic acids is 1. The van der Waals surface area contributed by atoms with Crippen molar-refractivity contribution in [2.24, 2.45) is 0 Å². The summed E-state index contributed by atoms with van der Waals surface area (Å²) in [6.07, 6.45) is 1.26. The van der Waals surface area contributed by atoms with Gasteiger partial charge in [0.2, 0.25) is 0 Å². The van der Waals surface area contributed by atoms with E-state index in [-0.39, 0.29) is 5.97 Å². The Morgan fingerprint density at radius 2 is 1.82 bits per heavy atom. The Bertz CT molecular complexity index is 399. The first-order valence-electron chi connectivity index (χ1n) is 5.93. The van der Waals surface area contributed by atoms with E-state index in [1.54, 1.807) is 0 Å². The highest BCUT2D eigenvalue weighted by Crippen LogP contribution is 2.19. The number of methoxy groups -OCH3 is 1. The van der Waals surface area contributed by atoms with E-state index in [4.69, 9.17) is 0 Å². The summed E-state index contributed by atoms with van der Waals surface area (Å²) in [6.45, 7) is 7.10. The zero-order valence-electron chi connectivity index (χ0n) is 11.1.